The number of aryl methyl sites for hydroxylation is 1. The highest BCUT2D eigenvalue weighted by Gasteiger charge is 2.17. The largest absolute Gasteiger partial charge is 0.487 e. The Labute approximate surface area is 125 Å². The van der Waals surface area contributed by atoms with Crippen molar-refractivity contribution in [1.29, 1.82) is 0 Å². The van der Waals surface area contributed by atoms with E-state index < -0.39 is 20.7 Å². The molecule has 0 saturated heterocycles. The first-order valence-corrected chi connectivity index (χ1v) is 8.20. The predicted molar refractivity (Wildman–Crippen MR) is 74.9 cm³/mol. The Morgan fingerprint density at radius 2 is 1.71 bits per heavy atom. The Bertz CT molecular complexity index is 756. The second-order valence-corrected chi connectivity index (χ2v) is 6.99. The molecule has 0 radical (unpaired) electrons. The second-order valence-electron chi connectivity index (χ2n) is 4.45. The zero-order chi connectivity index (χ0) is 15.6. The summed E-state index contributed by atoms with van der Waals surface area (Å²) in [6.45, 7) is 1.52. The lowest BCUT2D eigenvalue weighted by Gasteiger charge is -2.10. The molecule has 0 amide bonds. The molecule has 2 aromatic rings. The summed E-state index contributed by atoms with van der Waals surface area (Å²) in [6.07, 6.45) is 0. The maximum absolute atomic E-state index is 13.1. The molecule has 0 aliphatic carbocycles. The van der Waals surface area contributed by atoms with Crippen molar-refractivity contribution < 1.29 is 21.9 Å². The molecule has 0 saturated carbocycles. The van der Waals surface area contributed by atoms with Crippen molar-refractivity contribution >= 4 is 19.7 Å². The number of rotatable bonds is 4. The predicted octanol–water partition coefficient (Wildman–Crippen LogP) is 3.78. The van der Waals surface area contributed by atoms with Gasteiger partial charge in [0.05, 0.1) is 0 Å². The van der Waals surface area contributed by atoms with Crippen LogP contribution in [0.15, 0.2) is 41.3 Å². The summed E-state index contributed by atoms with van der Waals surface area (Å²) in [5.74, 6) is -1.44. The van der Waals surface area contributed by atoms with E-state index in [-0.39, 0.29) is 22.8 Å². The summed E-state index contributed by atoms with van der Waals surface area (Å²) in [4.78, 5) is -0.180. The highest BCUT2D eigenvalue weighted by Crippen LogP contribution is 2.28. The summed E-state index contributed by atoms with van der Waals surface area (Å²) in [6, 6.07) is 7.40. The summed E-state index contributed by atoms with van der Waals surface area (Å²) in [7, 11) is 1.36. The van der Waals surface area contributed by atoms with E-state index in [1.165, 1.54) is 12.1 Å². The average Bonchev–Trinajstić information content (AvgIpc) is 2.35. The molecule has 0 unspecified atom stereocenters. The van der Waals surface area contributed by atoms with Gasteiger partial charge in [0.1, 0.15) is 28.9 Å². The fourth-order valence-electron chi connectivity index (χ4n) is 1.78. The summed E-state index contributed by atoms with van der Waals surface area (Å²) in [5, 5.41) is 0. The third-order valence-corrected chi connectivity index (χ3v) is 4.02. The van der Waals surface area contributed by atoms with E-state index in [0.29, 0.717) is 5.56 Å². The Morgan fingerprint density at radius 1 is 1.10 bits per heavy atom. The molecule has 0 bridgehead atoms. The van der Waals surface area contributed by atoms with Crippen LogP contribution in [0.25, 0.3) is 0 Å². The fraction of sp³-hybridized carbons (Fsp3) is 0.143. The summed E-state index contributed by atoms with van der Waals surface area (Å²) >= 11 is 0. The highest BCUT2D eigenvalue weighted by molar-refractivity contribution is 8.13. The van der Waals surface area contributed by atoms with E-state index in [1.807, 2.05) is 0 Å². The second kappa shape index (κ2) is 5.99. The smallest absolute Gasteiger partial charge is 0.264 e. The molecule has 0 fully saturated rings. The van der Waals surface area contributed by atoms with Gasteiger partial charge < -0.3 is 4.74 Å². The van der Waals surface area contributed by atoms with Crippen LogP contribution in [-0.2, 0) is 15.7 Å². The van der Waals surface area contributed by atoms with Crippen molar-refractivity contribution in [2.75, 3.05) is 0 Å². The van der Waals surface area contributed by atoms with Crippen LogP contribution in [0.3, 0.4) is 0 Å². The van der Waals surface area contributed by atoms with Crippen molar-refractivity contribution in [3.63, 3.8) is 0 Å². The molecule has 0 spiro atoms. The van der Waals surface area contributed by atoms with Crippen molar-refractivity contribution in [2.45, 2.75) is 18.4 Å². The maximum atomic E-state index is 13.1. The van der Waals surface area contributed by atoms with E-state index in [1.54, 1.807) is 13.0 Å². The molecular weight excluding hydrogens is 322 g/mol. The minimum atomic E-state index is -3.98. The molecule has 112 valence electrons. The number of hydrogen-bond acceptors (Lipinski definition) is 3. The van der Waals surface area contributed by atoms with Crippen molar-refractivity contribution in [3.8, 4) is 5.75 Å². The number of hydrogen-bond donors (Lipinski definition) is 0. The molecule has 0 aliphatic heterocycles. The molecule has 0 atom stereocenters. The van der Waals surface area contributed by atoms with E-state index in [2.05, 4.69) is 0 Å². The van der Waals surface area contributed by atoms with Crippen molar-refractivity contribution in [1.82, 2.24) is 0 Å². The van der Waals surface area contributed by atoms with E-state index in [9.17, 15) is 17.2 Å². The van der Waals surface area contributed by atoms with Crippen LogP contribution >= 0.6 is 10.7 Å². The van der Waals surface area contributed by atoms with Gasteiger partial charge in [-0.3, -0.25) is 0 Å². The SMILES string of the molecule is Cc1ccc(OCc2cc(F)cc(F)c2)c(S(=O)(=O)Cl)c1. The molecule has 21 heavy (non-hydrogen) atoms. The molecule has 3 nitrogen and oxygen atoms in total. The van der Waals surface area contributed by atoms with Gasteiger partial charge in [-0.2, -0.15) is 0 Å². The lowest BCUT2D eigenvalue weighted by atomic mass is 10.2. The lowest BCUT2D eigenvalue weighted by molar-refractivity contribution is 0.296. The van der Waals surface area contributed by atoms with Gasteiger partial charge in [0.25, 0.3) is 9.05 Å². The van der Waals surface area contributed by atoms with Gasteiger partial charge in [0.2, 0.25) is 0 Å². The Balaban J connectivity index is 2.28. The minimum absolute atomic E-state index is 0.0280. The normalized spacial score (nSPS) is 11.4. The molecule has 2 rings (SSSR count). The van der Waals surface area contributed by atoms with Crippen molar-refractivity contribution in [2.24, 2.45) is 0 Å². The van der Waals surface area contributed by atoms with Crippen LogP contribution < -0.4 is 4.74 Å². The van der Waals surface area contributed by atoms with Crippen LogP contribution in [0.5, 0.6) is 5.75 Å². The average molecular weight is 333 g/mol. The van der Waals surface area contributed by atoms with Gasteiger partial charge in [-0.25, -0.2) is 17.2 Å². The first-order valence-electron chi connectivity index (χ1n) is 5.89. The summed E-state index contributed by atoms with van der Waals surface area (Å²) in [5.41, 5.74) is 0.935. The molecule has 7 heteroatoms. The third-order valence-electron chi connectivity index (χ3n) is 2.68. The lowest BCUT2D eigenvalue weighted by Crippen LogP contribution is -2.02. The van der Waals surface area contributed by atoms with Gasteiger partial charge in [0, 0.05) is 16.7 Å². The van der Waals surface area contributed by atoms with Gasteiger partial charge in [-0.15, -0.1) is 0 Å². The Hall–Kier alpha value is -1.66. The molecule has 2 aromatic carbocycles. The van der Waals surface area contributed by atoms with E-state index in [4.69, 9.17) is 15.4 Å². The minimum Gasteiger partial charge on any atom is -0.487 e. The number of benzene rings is 2. The molecule has 0 aromatic heterocycles. The first-order chi connectivity index (χ1) is 9.75. The van der Waals surface area contributed by atoms with Gasteiger partial charge in [-0.1, -0.05) is 6.07 Å². The van der Waals surface area contributed by atoms with Crippen LogP contribution in [0.1, 0.15) is 11.1 Å². The quantitative estimate of drug-likeness (QED) is 0.800. The van der Waals surface area contributed by atoms with E-state index in [0.717, 1.165) is 18.2 Å². The highest BCUT2D eigenvalue weighted by atomic mass is 35.7. The number of halogens is 3. The molecular formula is C14H11ClF2O3S. The van der Waals surface area contributed by atoms with E-state index >= 15 is 0 Å². The van der Waals surface area contributed by atoms with Crippen LogP contribution in [-0.4, -0.2) is 8.42 Å². The zero-order valence-electron chi connectivity index (χ0n) is 10.9. The molecule has 0 N–H and O–H groups in total. The number of ether oxygens (including phenoxy) is 1. The Kier molecular flexibility index (Phi) is 4.49. The van der Waals surface area contributed by atoms with Crippen molar-refractivity contribution in [3.05, 3.63) is 59.2 Å². The van der Waals surface area contributed by atoms with Crippen LogP contribution in [0, 0.1) is 18.6 Å². The monoisotopic (exact) mass is 332 g/mol. The maximum Gasteiger partial charge on any atom is 0.264 e. The van der Waals surface area contributed by atoms with Crippen LogP contribution in [0.4, 0.5) is 8.78 Å². The third kappa shape index (κ3) is 4.15. The first kappa shape index (κ1) is 15.7. The summed E-state index contributed by atoms with van der Waals surface area (Å²) < 4.78 is 54.4. The Morgan fingerprint density at radius 3 is 2.29 bits per heavy atom. The van der Waals surface area contributed by atoms with Gasteiger partial charge >= 0.3 is 0 Å². The van der Waals surface area contributed by atoms with Crippen LogP contribution in [0.2, 0.25) is 0 Å². The molecule has 0 aliphatic rings. The molecule has 0 heterocycles. The fourth-order valence-corrected chi connectivity index (χ4v) is 2.84. The van der Waals surface area contributed by atoms with Gasteiger partial charge in [0.15, 0.2) is 0 Å². The standard InChI is InChI=1S/C14H11ClF2O3S/c1-9-2-3-13(14(4-9)21(15,18)19)20-8-10-5-11(16)7-12(17)6-10/h2-7H,8H2,1H3. The topological polar surface area (TPSA) is 43.4 Å². The zero-order valence-corrected chi connectivity index (χ0v) is 12.5. The van der Waals surface area contributed by atoms with Gasteiger partial charge in [-0.05, 0) is 42.3 Å².